The summed E-state index contributed by atoms with van der Waals surface area (Å²) in [6, 6.07) is 2.96. The van der Waals surface area contributed by atoms with E-state index in [1.807, 2.05) is 6.07 Å². The van der Waals surface area contributed by atoms with Gasteiger partial charge in [-0.25, -0.2) is 0 Å². The van der Waals surface area contributed by atoms with Gasteiger partial charge in [-0.1, -0.05) is 6.07 Å². The molecule has 16 heavy (non-hydrogen) atoms. The molecule has 0 fully saturated rings. The van der Waals surface area contributed by atoms with Crippen LogP contribution in [0.5, 0.6) is 0 Å². The normalized spacial score (nSPS) is 10.9. The van der Waals surface area contributed by atoms with Crippen LogP contribution >= 0.6 is 0 Å². The highest BCUT2D eigenvalue weighted by Crippen LogP contribution is 1.98. The number of hydrogen-bond acceptors (Lipinski definition) is 4. The standard InChI is InChI=1S/C11H14N2O3/c14-7-10(8-15)13-11(16)4-3-9-2-1-5-12-6-9/h1-6,10,14-15H,7-8H2,(H,13,16). The number of aliphatic hydroxyl groups is 2. The fraction of sp³-hybridized carbons (Fsp3) is 0.273. The van der Waals surface area contributed by atoms with Gasteiger partial charge in [-0.05, 0) is 17.7 Å². The zero-order valence-corrected chi connectivity index (χ0v) is 8.71. The third-order valence-electron chi connectivity index (χ3n) is 1.90. The number of nitrogens with one attached hydrogen (secondary N) is 1. The van der Waals surface area contributed by atoms with Crippen LogP contribution < -0.4 is 5.32 Å². The Hall–Kier alpha value is -1.72. The van der Waals surface area contributed by atoms with Crippen LogP contribution in [-0.2, 0) is 4.79 Å². The Morgan fingerprint density at radius 2 is 2.25 bits per heavy atom. The number of rotatable bonds is 5. The van der Waals surface area contributed by atoms with E-state index in [-0.39, 0.29) is 19.1 Å². The zero-order chi connectivity index (χ0) is 11.8. The Balaban J connectivity index is 2.48. The van der Waals surface area contributed by atoms with Crippen LogP contribution in [0.25, 0.3) is 6.08 Å². The van der Waals surface area contributed by atoms with Crippen molar-refractivity contribution in [1.29, 1.82) is 0 Å². The van der Waals surface area contributed by atoms with Crippen LogP contribution in [0.1, 0.15) is 5.56 Å². The first-order valence-corrected chi connectivity index (χ1v) is 4.86. The molecule has 0 aliphatic heterocycles. The second-order valence-electron chi connectivity index (χ2n) is 3.19. The van der Waals surface area contributed by atoms with Gasteiger partial charge in [-0.2, -0.15) is 0 Å². The Bertz CT molecular complexity index is 348. The minimum absolute atomic E-state index is 0.289. The molecule has 5 heteroatoms. The molecule has 3 N–H and O–H groups in total. The van der Waals surface area contributed by atoms with E-state index in [0.717, 1.165) is 5.56 Å². The molecule has 0 saturated heterocycles. The summed E-state index contributed by atoms with van der Waals surface area (Å²) in [5, 5.41) is 19.9. The number of carbonyl (C=O) groups is 1. The van der Waals surface area contributed by atoms with E-state index in [4.69, 9.17) is 10.2 Å². The van der Waals surface area contributed by atoms with Gasteiger partial charge in [0.2, 0.25) is 5.91 Å². The third kappa shape index (κ3) is 4.20. The fourth-order valence-electron chi connectivity index (χ4n) is 1.04. The summed E-state index contributed by atoms with van der Waals surface area (Å²) in [5.74, 6) is -0.364. The summed E-state index contributed by atoms with van der Waals surface area (Å²) in [6.45, 7) is -0.577. The lowest BCUT2D eigenvalue weighted by Gasteiger charge is -2.10. The molecule has 1 amide bonds. The van der Waals surface area contributed by atoms with Gasteiger partial charge in [-0.3, -0.25) is 9.78 Å². The molecular weight excluding hydrogens is 208 g/mol. The monoisotopic (exact) mass is 222 g/mol. The van der Waals surface area contributed by atoms with E-state index in [0.29, 0.717) is 0 Å². The van der Waals surface area contributed by atoms with Crippen molar-refractivity contribution in [3.05, 3.63) is 36.2 Å². The van der Waals surface area contributed by atoms with Crippen LogP contribution in [-0.4, -0.2) is 40.4 Å². The summed E-state index contributed by atoms with van der Waals surface area (Å²) >= 11 is 0. The minimum Gasteiger partial charge on any atom is -0.394 e. The molecule has 5 nitrogen and oxygen atoms in total. The molecule has 86 valence electrons. The van der Waals surface area contributed by atoms with Crippen molar-refractivity contribution < 1.29 is 15.0 Å². The molecule has 1 aromatic heterocycles. The maximum absolute atomic E-state index is 11.3. The van der Waals surface area contributed by atoms with Crippen molar-refractivity contribution in [2.24, 2.45) is 0 Å². The van der Waals surface area contributed by atoms with Gasteiger partial charge in [0, 0.05) is 18.5 Å². The van der Waals surface area contributed by atoms with Crippen LogP contribution in [0.3, 0.4) is 0 Å². The lowest BCUT2D eigenvalue weighted by molar-refractivity contribution is -0.117. The second kappa shape index (κ2) is 6.71. The molecule has 0 saturated carbocycles. The maximum Gasteiger partial charge on any atom is 0.244 e. The average Bonchev–Trinajstić information content (AvgIpc) is 2.34. The van der Waals surface area contributed by atoms with Crippen molar-refractivity contribution in [2.45, 2.75) is 6.04 Å². The highest BCUT2D eigenvalue weighted by molar-refractivity contribution is 5.91. The maximum atomic E-state index is 11.3. The lowest BCUT2D eigenvalue weighted by atomic mass is 10.2. The largest absolute Gasteiger partial charge is 0.394 e. The summed E-state index contributed by atoms with van der Waals surface area (Å²) < 4.78 is 0. The summed E-state index contributed by atoms with van der Waals surface area (Å²) in [4.78, 5) is 15.2. The van der Waals surface area contributed by atoms with Gasteiger partial charge in [0.25, 0.3) is 0 Å². The Morgan fingerprint density at radius 3 is 2.81 bits per heavy atom. The topological polar surface area (TPSA) is 82.5 Å². The van der Waals surface area contributed by atoms with E-state index >= 15 is 0 Å². The van der Waals surface area contributed by atoms with Gasteiger partial charge < -0.3 is 15.5 Å². The Labute approximate surface area is 93.5 Å². The molecular formula is C11H14N2O3. The number of amides is 1. The number of aliphatic hydroxyl groups excluding tert-OH is 2. The molecule has 1 heterocycles. The molecule has 0 unspecified atom stereocenters. The summed E-state index contributed by atoms with van der Waals surface area (Å²) in [7, 11) is 0. The van der Waals surface area contributed by atoms with Crippen LogP contribution in [0, 0.1) is 0 Å². The number of nitrogens with zero attached hydrogens (tertiary/aromatic N) is 1. The first kappa shape index (κ1) is 12.4. The number of aromatic nitrogens is 1. The van der Waals surface area contributed by atoms with Gasteiger partial charge in [0.05, 0.1) is 19.3 Å². The summed E-state index contributed by atoms with van der Waals surface area (Å²) in [6.07, 6.45) is 6.20. The molecule has 1 rings (SSSR count). The van der Waals surface area contributed by atoms with E-state index in [1.165, 1.54) is 6.08 Å². The average molecular weight is 222 g/mol. The molecule has 0 atom stereocenters. The van der Waals surface area contributed by atoms with E-state index < -0.39 is 6.04 Å². The van der Waals surface area contributed by atoms with E-state index in [1.54, 1.807) is 24.5 Å². The molecule has 0 aliphatic carbocycles. The van der Waals surface area contributed by atoms with Crippen molar-refractivity contribution in [1.82, 2.24) is 10.3 Å². The second-order valence-corrected chi connectivity index (χ2v) is 3.19. The van der Waals surface area contributed by atoms with Crippen molar-refractivity contribution in [3.63, 3.8) is 0 Å². The number of carbonyl (C=O) groups excluding carboxylic acids is 1. The molecule has 0 radical (unpaired) electrons. The number of hydrogen-bond donors (Lipinski definition) is 3. The Kier molecular flexibility index (Phi) is 5.18. The van der Waals surface area contributed by atoms with E-state index in [9.17, 15) is 4.79 Å². The van der Waals surface area contributed by atoms with E-state index in [2.05, 4.69) is 10.3 Å². The zero-order valence-electron chi connectivity index (χ0n) is 8.71. The quantitative estimate of drug-likeness (QED) is 0.590. The molecule has 0 aliphatic rings. The number of pyridine rings is 1. The van der Waals surface area contributed by atoms with Gasteiger partial charge >= 0.3 is 0 Å². The molecule has 0 aromatic carbocycles. The van der Waals surface area contributed by atoms with Crippen LogP contribution in [0.2, 0.25) is 0 Å². The van der Waals surface area contributed by atoms with Gasteiger partial charge in [-0.15, -0.1) is 0 Å². The smallest absolute Gasteiger partial charge is 0.244 e. The van der Waals surface area contributed by atoms with Gasteiger partial charge in [0.15, 0.2) is 0 Å². The van der Waals surface area contributed by atoms with Crippen molar-refractivity contribution in [2.75, 3.05) is 13.2 Å². The predicted molar refractivity (Wildman–Crippen MR) is 59.4 cm³/mol. The van der Waals surface area contributed by atoms with Crippen LogP contribution in [0.4, 0.5) is 0 Å². The fourth-order valence-corrected chi connectivity index (χ4v) is 1.04. The predicted octanol–water partition coefficient (Wildman–Crippen LogP) is -0.436. The Morgan fingerprint density at radius 1 is 1.50 bits per heavy atom. The molecule has 1 aromatic rings. The molecule has 0 spiro atoms. The minimum atomic E-state index is -0.619. The van der Waals surface area contributed by atoms with Crippen LogP contribution in [0.15, 0.2) is 30.6 Å². The third-order valence-corrected chi connectivity index (χ3v) is 1.90. The first-order valence-electron chi connectivity index (χ1n) is 4.86. The van der Waals surface area contributed by atoms with Crippen molar-refractivity contribution >= 4 is 12.0 Å². The first-order chi connectivity index (χ1) is 7.76. The lowest BCUT2D eigenvalue weighted by Crippen LogP contribution is -2.39. The highest BCUT2D eigenvalue weighted by atomic mass is 16.3. The van der Waals surface area contributed by atoms with Crippen molar-refractivity contribution in [3.8, 4) is 0 Å². The summed E-state index contributed by atoms with van der Waals surface area (Å²) in [5.41, 5.74) is 0.808. The SMILES string of the molecule is O=C(C=Cc1cccnc1)NC(CO)CO. The highest BCUT2D eigenvalue weighted by Gasteiger charge is 2.06. The van der Waals surface area contributed by atoms with Gasteiger partial charge in [0.1, 0.15) is 0 Å². The molecule has 0 bridgehead atoms.